The van der Waals surface area contributed by atoms with Gasteiger partial charge in [-0.15, -0.1) is 10.2 Å². The Kier molecular flexibility index (Phi) is 6.26. The fourth-order valence-electron chi connectivity index (χ4n) is 2.25. The molecule has 140 valence electrons. The molecule has 0 aliphatic rings. The van der Waals surface area contributed by atoms with E-state index in [1.807, 2.05) is 0 Å². The van der Waals surface area contributed by atoms with Crippen LogP contribution in [-0.2, 0) is 9.53 Å². The number of carbonyl (C=O) groups excluding carboxylic acids is 1. The summed E-state index contributed by atoms with van der Waals surface area (Å²) in [5.41, 5.74) is 1.08. The molecule has 1 aromatic heterocycles. The zero-order valence-corrected chi connectivity index (χ0v) is 16.8. The summed E-state index contributed by atoms with van der Waals surface area (Å²) in [5.74, 6) is -0.550. The molecule has 27 heavy (non-hydrogen) atoms. The Morgan fingerprint density at radius 1 is 1.15 bits per heavy atom. The number of halogens is 4. The average Bonchev–Trinajstić information content (AvgIpc) is 3.05. The number of rotatable bonds is 5. The summed E-state index contributed by atoms with van der Waals surface area (Å²) in [4.78, 5) is 11.5. The first-order chi connectivity index (χ1) is 12.9. The van der Waals surface area contributed by atoms with Crippen molar-refractivity contribution in [1.82, 2.24) is 14.8 Å². The highest BCUT2D eigenvalue weighted by molar-refractivity contribution is 7.99. The average molecular weight is 447 g/mol. The van der Waals surface area contributed by atoms with Crippen molar-refractivity contribution in [2.75, 3.05) is 12.9 Å². The van der Waals surface area contributed by atoms with Crippen molar-refractivity contribution in [2.24, 2.45) is 0 Å². The van der Waals surface area contributed by atoms with Gasteiger partial charge < -0.3 is 4.74 Å². The fraction of sp³-hybridized carbons (Fsp3) is 0.118. The predicted molar refractivity (Wildman–Crippen MR) is 105 cm³/mol. The molecule has 0 aliphatic heterocycles. The van der Waals surface area contributed by atoms with Gasteiger partial charge in [-0.1, -0.05) is 46.6 Å². The van der Waals surface area contributed by atoms with Crippen LogP contribution in [0.5, 0.6) is 0 Å². The molecule has 0 atom stereocenters. The van der Waals surface area contributed by atoms with Gasteiger partial charge >= 0.3 is 5.97 Å². The third-order valence-corrected chi connectivity index (χ3v) is 5.25. The van der Waals surface area contributed by atoms with Gasteiger partial charge in [0.25, 0.3) is 0 Å². The van der Waals surface area contributed by atoms with Crippen molar-refractivity contribution in [3.8, 4) is 17.1 Å². The van der Waals surface area contributed by atoms with Crippen LogP contribution in [0.2, 0.25) is 15.1 Å². The van der Waals surface area contributed by atoms with E-state index in [0.29, 0.717) is 32.3 Å². The fourth-order valence-corrected chi connectivity index (χ4v) is 3.70. The topological polar surface area (TPSA) is 57.0 Å². The van der Waals surface area contributed by atoms with Gasteiger partial charge in [0, 0.05) is 10.6 Å². The summed E-state index contributed by atoms with van der Waals surface area (Å²) in [7, 11) is 1.30. The minimum absolute atomic E-state index is 0.0257. The van der Waals surface area contributed by atoms with E-state index < -0.39 is 11.8 Å². The van der Waals surface area contributed by atoms with E-state index in [4.69, 9.17) is 34.8 Å². The highest BCUT2D eigenvalue weighted by Gasteiger charge is 2.20. The van der Waals surface area contributed by atoms with Gasteiger partial charge in [-0.25, -0.2) is 4.39 Å². The second-order valence-corrected chi connectivity index (χ2v) is 7.42. The van der Waals surface area contributed by atoms with Gasteiger partial charge in [0.15, 0.2) is 11.0 Å². The van der Waals surface area contributed by atoms with Gasteiger partial charge in [-0.3, -0.25) is 9.36 Å². The number of thioether (sulfide) groups is 1. The standard InChI is InChI=1S/C17H11Cl3FN3O2S/c1-26-15(25)8-27-17-23-22-16(11-4-2-9(18)6-12(11)19)24(17)10-3-5-14(21)13(20)7-10/h2-7H,8H2,1H3. The van der Waals surface area contributed by atoms with Crippen LogP contribution in [0.3, 0.4) is 0 Å². The number of hydrogen-bond donors (Lipinski definition) is 0. The summed E-state index contributed by atoms with van der Waals surface area (Å²) >= 11 is 19.3. The Balaban J connectivity index is 2.14. The molecule has 0 aliphatic carbocycles. The van der Waals surface area contributed by atoms with Crippen molar-refractivity contribution in [1.29, 1.82) is 0 Å². The SMILES string of the molecule is COC(=O)CSc1nnc(-c2ccc(Cl)cc2Cl)n1-c1ccc(F)c(Cl)c1. The molecule has 0 N–H and O–H groups in total. The van der Waals surface area contributed by atoms with Crippen LogP contribution in [0.1, 0.15) is 0 Å². The number of nitrogens with zero attached hydrogens (tertiary/aromatic N) is 3. The molecule has 0 saturated carbocycles. The normalized spacial score (nSPS) is 10.9. The Bertz CT molecular complexity index is 1010. The van der Waals surface area contributed by atoms with E-state index in [9.17, 15) is 9.18 Å². The smallest absolute Gasteiger partial charge is 0.316 e. The third kappa shape index (κ3) is 4.38. The van der Waals surface area contributed by atoms with Crippen LogP contribution in [0.15, 0.2) is 41.6 Å². The molecular weight excluding hydrogens is 436 g/mol. The van der Waals surface area contributed by atoms with Crippen LogP contribution in [0.4, 0.5) is 4.39 Å². The number of aromatic nitrogens is 3. The van der Waals surface area contributed by atoms with Crippen LogP contribution >= 0.6 is 46.6 Å². The van der Waals surface area contributed by atoms with Crippen molar-refractivity contribution >= 4 is 52.5 Å². The lowest BCUT2D eigenvalue weighted by atomic mass is 10.2. The highest BCUT2D eigenvalue weighted by Crippen LogP contribution is 2.34. The highest BCUT2D eigenvalue weighted by atomic mass is 35.5. The zero-order chi connectivity index (χ0) is 19.6. The summed E-state index contributed by atoms with van der Waals surface area (Å²) in [6.45, 7) is 0. The Morgan fingerprint density at radius 3 is 2.59 bits per heavy atom. The molecule has 10 heteroatoms. The predicted octanol–water partition coefficient (Wildman–Crippen LogP) is 5.30. The summed E-state index contributed by atoms with van der Waals surface area (Å²) in [6.07, 6.45) is 0. The number of esters is 1. The molecule has 2 aromatic carbocycles. The van der Waals surface area contributed by atoms with Gasteiger partial charge in [-0.05, 0) is 36.4 Å². The van der Waals surface area contributed by atoms with Crippen molar-refractivity contribution in [3.63, 3.8) is 0 Å². The van der Waals surface area contributed by atoms with Crippen LogP contribution in [0.25, 0.3) is 17.1 Å². The molecule has 5 nitrogen and oxygen atoms in total. The van der Waals surface area contributed by atoms with E-state index in [2.05, 4.69) is 14.9 Å². The maximum absolute atomic E-state index is 13.6. The van der Waals surface area contributed by atoms with Crippen molar-refractivity contribution < 1.29 is 13.9 Å². The molecule has 0 amide bonds. The van der Waals surface area contributed by atoms with Crippen LogP contribution in [0, 0.1) is 5.82 Å². The molecule has 0 bridgehead atoms. The van der Waals surface area contributed by atoms with Gasteiger partial charge in [0.2, 0.25) is 0 Å². The van der Waals surface area contributed by atoms with E-state index in [1.54, 1.807) is 22.8 Å². The molecule has 0 unspecified atom stereocenters. The first kappa shape index (κ1) is 19.9. The molecule has 0 fully saturated rings. The van der Waals surface area contributed by atoms with E-state index >= 15 is 0 Å². The van der Waals surface area contributed by atoms with Gasteiger partial charge in [0.05, 0.1) is 28.6 Å². The second-order valence-electron chi connectivity index (χ2n) is 5.23. The van der Waals surface area contributed by atoms with E-state index in [-0.39, 0.29) is 10.8 Å². The largest absolute Gasteiger partial charge is 0.468 e. The molecule has 1 heterocycles. The summed E-state index contributed by atoms with van der Waals surface area (Å²) in [6, 6.07) is 9.15. The van der Waals surface area contributed by atoms with Crippen LogP contribution in [-0.4, -0.2) is 33.6 Å². The van der Waals surface area contributed by atoms with E-state index in [1.165, 1.54) is 25.3 Å². The monoisotopic (exact) mass is 445 g/mol. The molecular formula is C17H11Cl3FN3O2S. The minimum atomic E-state index is -0.552. The Labute approximate surface area is 173 Å². The lowest BCUT2D eigenvalue weighted by Crippen LogP contribution is -2.06. The first-order valence-electron chi connectivity index (χ1n) is 7.46. The number of carbonyl (C=O) groups is 1. The quantitative estimate of drug-likeness (QED) is 0.393. The lowest BCUT2D eigenvalue weighted by Gasteiger charge is -2.12. The third-order valence-electron chi connectivity index (χ3n) is 3.51. The van der Waals surface area contributed by atoms with Crippen molar-refractivity contribution in [2.45, 2.75) is 5.16 Å². The molecule has 3 aromatic rings. The number of ether oxygens (including phenoxy) is 1. The number of benzene rings is 2. The zero-order valence-electron chi connectivity index (χ0n) is 13.7. The molecule has 0 radical (unpaired) electrons. The summed E-state index contributed by atoms with van der Waals surface area (Å²) < 4.78 is 19.9. The van der Waals surface area contributed by atoms with E-state index in [0.717, 1.165) is 11.8 Å². The minimum Gasteiger partial charge on any atom is -0.468 e. The van der Waals surface area contributed by atoms with Crippen LogP contribution < -0.4 is 0 Å². The Morgan fingerprint density at radius 2 is 1.93 bits per heavy atom. The molecule has 0 spiro atoms. The first-order valence-corrected chi connectivity index (χ1v) is 9.58. The van der Waals surface area contributed by atoms with Gasteiger partial charge in [0.1, 0.15) is 5.82 Å². The lowest BCUT2D eigenvalue weighted by molar-refractivity contribution is -0.137. The molecule has 0 saturated heterocycles. The maximum Gasteiger partial charge on any atom is 0.316 e. The maximum atomic E-state index is 13.6. The van der Waals surface area contributed by atoms with Crippen molar-refractivity contribution in [3.05, 3.63) is 57.3 Å². The molecule has 3 rings (SSSR count). The second kappa shape index (κ2) is 8.48. The Hall–Kier alpha value is -1.80. The number of methoxy groups -OCH3 is 1. The number of hydrogen-bond acceptors (Lipinski definition) is 5. The summed E-state index contributed by atoms with van der Waals surface area (Å²) in [5, 5.41) is 9.49. The van der Waals surface area contributed by atoms with Gasteiger partial charge in [-0.2, -0.15) is 0 Å².